The van der Waals surface area contributed by atoms with Crippen LogP contribution in [0.1, 0.15) is 21.3 Å². The van der Waals surface area contributed by atoms with Crippen LogP contribution in [0.5, 0.6) is 17.2 Å². The minimum absolute atomic E-state index is 0.0190. The van der Waals surface area contributed by atoms with Gasteiger partial charge in [-0.2, -0.15) is 0 Å². The zero-order chi connectivity index (χ0) is 23.0. The first-order valence-corrected chi connectivity index (χ1v) is 12.2. The van der Waals surface area contributed by atoms with E-state index in [4.69, 9.17) is 18.6 Å². The number of hydrogen-bond acceptors (Lipinski definition) is 7. The molecule has 0 radical (unpaired) electrons. The lowest BCUT2D eigenvalue weighted by Crippen LogP contribution is -2.33. The molecule has 4 rings (SSSR count). The number of methoxy groups -OCH3 is 3. The first-order chi connectivity index (χ1) is 15.4. The van der Waals surface area contributed by atoms with Gasteiger partial charge in [-0.05, 0) is 40.2 Å². The van der Waals surface area contributed by atoms with Gasteiger partial charge in [0.25, 0.3) is 5.91 Å². The number of ether oxygens (including phenoxy) is 3. The largest absolute Gasteiger partial charge is 0.496 e. The molecule has 2 heterocycles. The molecule has 1 aliphatic rings. The van der Waals surface area contributed by atoms with Crippen LogP contribution in [-0.4, -0.2) is 44.4 Å². The van der Waals surface area contributed by atoms with E-state index < -0.39 is 11.5 Å². The van der Waals surface area contributed by atoms with Gasteiger partial charge in [0.1, 0.15) is 16.7 Å². The van der Waals surface area contributed by atoms with Crippen molar-refractivity contribution in [3.05, 3.63) is 60.8 Å². The zero-order valence-electron chi connectivity index (χ0n) is 17.4. The number of rotatable bonds is 5. The monoisotopic (exact) mass is 583 g/mol. The second-order valence-electron chi connectivity index (χ2n) is 6.92. The van der Waals surface area contributed by atoms with Gasteiger partial charge in [0.2, 0.25) is 0 Å². The van der Waals surface area contributed by atoms with Gasteiger partial charge >= 0.3 is 5.63 Å². The lowest BCUT2D eigenvalue weighted by molar-refractivity contribution is 0.0755. The van der Waals surface area contributed by atoms with Crippen molar-refractivity contribution in [3.63, 3.8) is 0 Å². The number of halogens is 2. The fourth-order valence-corrected chi connectivity index (χ4v) is 6.25. The average molecular weight is 585 g/mol. The summed E-state index contributed by atoms with van der Waals surface area (Å²) >= 11 is 8.40. The van der Waals surface area contributed by atoms with Gasteiger partial charge in [0, 0.05) is 33.8 Å². The maximum Gasteiger partial charge on any atom is 0.349 e. The van der Waals surface area contributed by atoms with Gasteiger partial charge in [-0.25, -0.2) is 4.79 Å². The van der Waals surface area contributed by atoms with Crippen LogP contribution in [0.25, 0.3) is 11.0 Å². The van der Waals surface area contributed by atoms with Crippen LogP contribution in [0.4, 0.5) is 0 Å². The highest BCUT2D eigenvalue weighted by atomic mass is 79.9. The number of hydrogen-bond donors (Lipinski definition) is 0. The predicted molar refractivity (Wildman–Crippen MR) is 130 cm³/mol. The summed E-state index contributed by atoms with van der Waals surface area (Å²) < 4.78 is 23.3. The predicted octanol–water partition coefficient (Wildman–Crippen LogP) is 5.23. The molecule has 1 aliphatic heterocycles. The third-order valence-electron chi connectivity index (χ3n) is 5.14. The Morgan fingerprint density at radius 1 is 1.03 bits per heavy atom. The van der Waals surface area contributed by atoms with Gasteiger partial charge in [0.05, 0.1) is 25.8 Å². The Morgan fingerprint density at radius 2 is 1.72 bits per heavy atom. The van der Waals surface area contributed by atoms with E-state index in [9.17, 15) is 9.59 Å². The highest BCUT2D eigenvalue weighted by Gasteiger charge is 2.35. The van der Waals surface area contributed by atoms with Crippen molar-refractivity contribution in [1.82, 2.24) is 4.90 Å². The van der Waals surface area contributed by atoms with Crippen LogP contribution >= 0.6 is 43.6 Å². The minimum atomic E-state index is -0.680. The first kappa shape index (κ1) is 23.0. The van der Waals surface area contributed by atoms with Gasteiger partial charge in [-0.3, -0.25) is 4.79 Å². The molecule has 1 amide bonds. The molecule has 2 aromatic carbocycles. The summed E-state index contributed by atoms with van der Waals surface area (Å²) in [5, 5.41) is 0.280. The third-order valence-corrected chi connectivity index (χ3v) is 7.43. The second kappa shape index (κ2) is 9.36. The van der Waals surface area contributed by atoms with Crippen LogP contribution in [0, 0.1) is 0 Å². The van der Waals surface area contributed by atoms with Crippen LogP contribution in [0.3, 0.4) is 0 Å². The molecule has 1 aromatic heterocycles. The fraction of sp³-hybridized carbons (Fsp3) is 0.273. The number of fused-ring (bicyclic) bond motifs is 1. The van der Waals surface area contributed by atoms with E-state index in [1.54, 1.807) is 68.3 Å². The summed E-state index contributed by atoms with van der Waals surface area (Å²) in [7, 11) is 4.66. The van der Waals surface area contributed by atoms with Crippen LogP contribution in [-0.2, 0) is 0 Å². The lowest BCUT2D eigenvalue weighted by atomic mass is 10.1. The van der Waals surface area contributed by atoms with E-state index in [-0.39, 0.29) is 10.9 Å². The third kappa shape index (κ3) is 4.11. The number of amides is 1. The number of carbonyl (C=O) groups excluding carboxylic acids is 1. The fourth-order valence-electron chi connectivity index (χ4n) is 3.64. The van der Waals surface area contributed by atoms with Crippen molar-refractivity contribution in [2.45, 2.75) is 5.37 Å². The van der Waals surface area contributed by atoms with Gasteiger partial charge in [-0.15, -0.1) is 11.8 Å². The highest BCUT2D eigenvalue weighted by Crippen LogP contribution is 2.46. The van der Waals surface area contributed by atoms with Crippen LogP contribution in [0.2, 0.25) is 0 Å². The maximum atomic E-state index is 13.5. The molecule has 32 heavy (non-hydrogen) atoms. The summed E-state index contributed by atoms with van der Waals surface area (Å²) in [6.45, 7) is 0.478. The van der Waals surface area contributed by atoms with Crippen molar-refractivity contribution in [3.8, 4) is 17.2 Å². The Kier molecular flexibility index (Phi) is 6.73. The molecule has 0 aliphatic carbocycles. The molecule has 0 unspecified atom stereocenters. The molecular weight excluding hydrogens is 566 g/mol. The SMILES string of the molecule is COc1cc(OC)c([C@H]2SCCN2C(=O)c2cc3cc(Br)cc(Br)c3oc2=O)cc1OC. The normalized spacial score (nSPS) is 15.8. The molecule has 0 spiro atoms. The Morgan fingerprint density at radius 3 is 2.41 bits per heavy atom. The van der Waals surface area contributed by atoms with E-state index >= 15 is 0 Å². The Balaban J connectivity index is 1.77. The van der Waals surface area contributed by atoms with E-state index in [1.807, 2.05) is 0 Å². The molecule has 1 saturated heterocycles. The quantitative estimate of drug-likeness (QED) is 0.380. The molecule has 3 aromatic rings. The minimum Gasteiger partial charge on any atom is -0.496 e. The topological polar surface area (TPSA) is 78.2 Å². The Hall–Kier alpha value is -2.17. The van der Waals surface area contributed by atoms with Crippen molar-refractivity contribution in [2.24, 2.45) is 0 Å². The average Bonchev–Trinajstić information content (AvgIpc) is 3.27. The summed E-state index contributed by atoms with van der Waals surface area (Å²) in [6.07, 6.45) is 0. The van der Waals surface area contributed by atoms with Crippen LogP contribution in [0.15, 0.2) is 48.5 Å². The Labute approximate surface area is 205 Å². The van der Waals surface area contributed by atoms with E-state index in [1.165, 1.54) is 0 Å². The summed E-state index contributed by atoms with van der Waals surface area (Å²) in [4.78, 5) is 27.8. The molecule has 1 fully saturated rings. The van der Waals surface area contributed by atoms with E-state index in [0.29, 0.717) is 45.0 Å². The van der Waals surface area contributed by atoms with E-state index in [0.717, 1.165) is 10.0 Å². The molecule has 10 heteroatoms. The molecule has 0 saturated carbocycles. The maximum absolute atomic E-state index is 13.5. The molecule has 1 atom stereocenters. The number of benzene rings is 2. The summed E-state index contributed by atoms with van der Waals surface area (Å²) in [5.74, 6) is 1.94. The standard InChI is InChI=1S/C22H19Br2NO6S/c1-28-16-10-18(30-3)17(29-2)9-13(16)21-25(4-5-32-21)20(26)14-7-11-6-12(23)8-15(24)19(11)31-22(14)27/h6-10,21H,4-5H2,1-3H3/t21-/m1/s1. The summed E-state index contributed by atoms with van der Waals surface area (Å²) in [5.41, 5.74) is 0.454. The van der Waals surface area contributed by atoms with Crippen molar-refractivity contribution in [2.75, 3.05) is 33.6 Å². The molecular formula is C22H19Br2NO6S. The first-order valence-electron chi connectivity index (χ1n) is 9.53. The zero-order valence-corrected chi connectivity index (χ0v) is 21.4. The number of nitrogens with zero attached hydrogens (tertiary/aromatic N) is 1. The van der Waals surface area contributed by atoms with Crippen molar-refractivity contribution in [1.29, 1.82) is 0 Å². The summed E-state index contributed by atoms with van der Waals surface area (Å²) in [6, 6.07) is 8.69. The van der Waals surface area contributed by atoms with Crippen molar-refractivity contribution >= 4 is 60.5 Å². The second-order valence-corrected chi connectivity index (χ2v) is 9.88. The van der Waals surface area contributed by atoms with Crippen LogP contribution < -0.4 is 19.8 Å². The lowest BCUT2D eigenvalue weighted by Gasteiger charge is -2.26. The smallest absolute Gasteiger partial charge is 0.349 e. The molecule has 0 bridgehead atoms. The van der Waals surface area contributed by atoms with E-state index in [2.05, 4.69) is 31.9 Å². The highest BCUT2D eigenvalue weighted by molar-refractivity contribution is 9.11. The van der Waals surface area contributed by atoms with Gasteiger partial charge in [0.15, 0.2) is 17.1 Å². The molecule has 168 valence electrons. The Bertz CT molecular complexity index is 1260. The van der Waals surface area contributed by atoms with Gasteiger partial charge < -0.3 is 23.5 Å². The molecule has 7 nitrogen and oxygen atoms in total. The number of carbonyl (C=O) groups is 1. The van der Waals surface area contributed by atoms with Gasteiger partial charge in [-0.1, -0.05) is 15.9 Å². The molecule has 0 N–H and O–H groups in total. The van der Waals surface area contributed by atoms with Crippen molar-refractivity contribution < 1.29 is 23.4 Å². The number of thioether (sulfide) groups is 1.